The van der Waals surface area contributed by atoms with E-state index < -0.39 is 0 Å². The highest BCUT2D eigenvalue weighted by Gasteiger charge is 2.00. The number of rotatable bonds is 1. The first kappa shape index (κ1) is 5.07. The highest BCUT2D eigenvalue weighted by molar-refractivity contribution is 5.69. The van der Waals surface area contributed by atoms with Gasteiger partial charge in [0.05, 0.1) is 4.11 Å². The van der Waals surface area contributed by atoms with E-state index in [2.05, 4.69) is 0 Å². The molecule has 13 heavy (non-hydrogen) atoms. The lowest BCUT2D eigenvalue weighted by Gasteiger charge is -2.02. The van der Waals surface area contributed by atoms with Gasteiger partial charge in [0.25, 0.3) is 0 Å². The second-order valence-electron chi connectivity index (χ2n) is 2.64. The molecule has 0 heterocycles. The molecule has 0 unspecified atom stereocenters. The molecule has 0 fully saturated rings. The number of hydrogen-bond donors (Lipinski definition) is 1. The van der Waals surface area contributed by atoms with Crippen LogP contribution in [0.15, 0.2) is 54.5 Å². The predicted octanol–water partition coefficient (Wildman–Crippen LogP) is 3.06. The van der Waals surface area contributed by atoms with E-state index in [1.54, 1.807) is 24.3 Å². The van der Waals surface area contributed by atoms with Gasteiger partial charge in [-0.15, -0.1) is 0 Å². The van der Waals surface area contributed by atoms with Gasteiger partial charge in [0.2, 0.25) is 0 Å². The number of benzene rings is 2. The second kappa shape index (κ2) is 3.31. The van der Waals surface area contributed by atoms with Gasteiger partial charge < -0.3 is 5.11 Å². The van der Waals surface area contributed by atoms with Crippen molar-refractivity contribution in [3.8, 4) is 16.9 Å². The first-order valence-corrected chi connectivity index (χ1v) is 3.96. The van der Waals surface area contributed by atoms with Crippen molar-refractivity contribution in [2.45, 2.75) is 0 Å². The smallest absolute Gasteiger partial charge is 0.123 e. The zero-order valence-electron chi connectivity index (χ0n) is 9.91. The highest BCUT2D eigenvalue weighted by Crippen LogP contribution is 2.27. The van der Waals surface area contributed by atoms with Gasteiger partial charge in [-0.2, -0.15) is 0 Å². The molecule has 1 nitrogen and oxygen atoms in total. The number of phenolic OH excluding ortho intramolecular Hbond substituents is 1. The third-order valence-corrected chi connectivity index (χ3v) is 1.77. The molecule has 0 atom stereocenters. The third kappa shape index (κ3) is 1.54. The number of phenols is 1. The van der Waals surface area contributed by atoms with Crippen LogP contribution in [0, 0.1) is 0 Å². The summed E-state index contributed by atoms with van der Waals surface area (Å²) in [6.07, 6.45) is 0. The second-order valence-corrected chi connectivity index (χ2v) is 2.64. The summed E-state index contributed by atoms with van der Waals surface area (Å²) in [6, 6.07) is 9.84. The molecule has 0 saturated carbocycles. The molecule has 1 N–H and O–H groups in total. The zero-order chi connectivity index (χ0) is 11.7. The molecule has 0 aromatic heterocycles. The molecule has 0 radical (unpaired) electrons. The fraction of sp³-hybridized carbons (Fsp3) is 0. The van der Waals surface area contributed by atoms with Crippen LogP contribution in [0.4, 0.5) is 0 Å². The first-order chi connectivity index (χ1) is 7.59. The molecule has 0 amide bonds. The van der Waals surface area contributed by atoms with Crippen molar-refractivity contribution in [1.82, 2.24) is 0 Å². The van der Waals surface area contributed by atoms with Crippen molar-refractivity contribution in [2.75, 3.05) is 0 Å². The van der Waals surface area contributed by atoms with Gasteiger partial charge in [-0.05, 0) is 11.6 Å². The van der Waals surface area contributed by atoms with Crippen LogP contribution in [0.2, 0.25) is 0 Å². The lowest BCUT2D eigenvalue weighted by atomic mass is 10.1. The fourth-order valence-electron chi connectivity index (χ4n) is 1.15. The van der Waals surface area contributed by atoms with E-state index >= 15 is 0 Å². The normalized spacial score (nSPS) is 13.1. The fourth-order valence-corrected chi connectivity index (χ4v) is 1.15. The molecular formula is C12H10O. The Morgan fingerprint density at radius 3 is 2.77 bits per heavy atom. The van der Waals surface area contributed by atoms with Gasteiger partial charge in [0.1, 0.15) is 5.75 Å². The Bertz CT molecular complexity index is 538. The summed E-state index contributed by atoms with van der Waals surface area (Å²) in [5.74, 6) is -0.185. The Hall–Kier alpha value is -1.76. The average Bonchev–Trinajstić information content (AvgIpc) is 2.24. The summed E-state index contributed by atoms with van der Waals surface area (Å²) >= 11 is 0. The monoisotopic (exact) mass is 173 g/mol. The van der Waals surface area contributed by atoms with E-state index in [-0.39, 0.29) is 23.9 Å². The summed E-state index contributed by atoms with van der Waals surface area (Å²) in [6.45, 7) is 0. The number of para-hydroxylation sites is 1. The van der Waals surface area contributed by atoms with Crippen LogP contribution in [-0.2, 0) is 0 Å². The molecule has 1 heteroatoms. The SMILES string of the molecule is [2H]c1cc([2H])c(O)c(-c2ccccc2[2H])c1. The highest BCUT2D eigenvalue weighted by atomic mass is 16.3. The van der Waals surface area contributed by atoms with Gasteiger partial charge in [0, 0.05) is 5.56 Å². The minimum absolute atomic E-state index is 0.0919. The topological polar surface area (TPSA) is 20.2 Å². The van der Waals surface area contributed by atoms with Crippen LogP contribution >= 0.6 is 0 Å². The molecular weight excluding hydrogens is 160 g/mol. The van der Waals surface area contributed by atoms with Crippen molar-refractivity contribution >= 4 is 0 Å². The van der Waals surface area contributed by atoms with Crippen molar-refractivity contribution in [3.63, 3.8) is 0 Å². The summed E-state index contributed by atoms with van der Waals surface area (Å²) in [5.41, 5.74) is 0.894. The van der Waals surface area contributed by atoms with Gasteiger partial charge in [-0.25, -0.2) is 0 Å². The molecule has 64 valence electrons. The summed E-state index contributed by atoms with van der Waals surface area (Å²) in [7, 11) is 0. The summed E-state index contributed by atoms with van der Waals surface area (Å²) in [4.78, 5) is 0. The van der Waals surface area contributed by atoms with E-state index in [1.165, 1.54) is 12.1 Å². The van der Waals surface area contributed by atoms with E-state index in [9.17, 15) is 5.11 Å². The van der Waals surface area contributed by atoms with Crippen LogP contribution in [0.25, 0.3) is 11.1 Å². The Balaban J connectivity index is 2.69. The Labute approximate surface area is 81.5 Å². The summed E-state index contributed by atoms with van der Waals surface area (Å²) in [5, 5.41) is 9.75. The molecule has 2 aromatic rings. The Kier molecular flexibility index (Phi) is 1.29. The molecule has 2 rings (SSSR count). The molecule has 0 aliphatic carbocycles. The molecule has 0 bridgehead atoms. The predicted molar refractivity (Wildman–Crippen MR) is 53.5 cm³/mol. The van der Waals surface area contributed by atoms with Crippen molar-refractivity contribution in [1.29, 1.82) is 0 Å². The van der Waals surface area contributed by atoms with Crippen molar-refractivity contribution in [2.24, 2.45) is 0 Å². The quantitative estimate of drug-likeness (QED) is 0.702. The van der Waals surface area contributed by atoms with Gasteiger partial charge >= 0.3 is 0 Å². The van der Waals surface area contributed by atoms with Gasteiger partial charge in [-0.3, -0.25) is 0 Å². The third-order valence-electron chi connectivity index (χ3n) is 1.77. The lowest BCUT2D eigenvalue weighted by molar-refractivity contribution is 0.477. The molecule has 2 aromatic carbocycles. The maximum Gasteiger partial charge on any atom is 0.123 e. The molecule has 0 aliphatic heterocycles. The minimum atomic E-state index is -0.185. The van der Waals surface area contributed by atoms with Crippen molar-refractivity contribution in [3.05, 3.63) is 54.5 Å². The molecule has 0 saturated heterocycles. The maximum absolute atomic E-state index is 9.75. The van der Waals surface area contributed by atoms with Crippen LogP contribution < -0.4 is 0 Å². The summed E-state index contributed by atoms with van der Waals surface area (Å²) < 4.78 is 22.7. The molecule has 0 spiro atoms. The van der Waals surface area contributed by atoms with E-state index in [1.807, 2.05) is 0 Å². The standard InChI is InChI=1S/C12H10O/c13-12-9-5-4-8-11(12)10-6-2-1-3-7-10/h1-9,13H/i4D,6D,9D. The van der Waals surface area contributed by atoms with Crippen LogP contribution in [0.5, 0.6) is 5.75 Å². The first-order valence-electron chi connectivity index (χ1n) is 5.46. The number of aromatic hydroxyl groups is 1. The lowest BCUT2D eigenvalue weighted by Crippen LogP contribution is -1.76. The average molecular weight is 173 g/mol. The maximum atomic E-state index is 9.75. The number of hydrogen-bond acceptors (Lipinski definition) is 1. The minimum Gasteiger partial charge on any atom is -0.507 e. The van der Waals surface area contributed by atoms with E-state index in [0.717, 1.165) is 0 Å². The van der Waals surface area contributed by atoms with E-state index in [0.29, 0.717) is 11.1 Å². The Morgan fingerprint density at radius 1 is 1.00 bits per heavy atom. The molecule has 0 aliphatic rings. The van der Waals surface area contributed by atoms with Gasteiger partial charge in [-0.1, -0.05) is 48.5 Å². The van der Waals surface area contributed by atoms with Crippen LogP contribution in [0.1, 0.15) is 4.11 Å². The van der Waals surface area contributed by atoms with E-state index in [4.69, 9.17) is 4.11 Å². The largest absolute Gasteiger partial charge is 0.507 e. The van der Waals surface area contributed by atoms with Crippen LogP contribution in [-0.4, -0.2) is 5.11 Å². The zero-order valence-corrected chi connectivity index (χ0v) is 6.91. The Morgan fingerprint density at radius 2 is 1.92 bits per heavy atom. The van der Waals surface area contributed by atoms with Crippen LogP contribution in [0.3, 0.4) is 0 Å². The van der Waals surface area contributed by atoms with Gasteiger partial charge in [0.15, 0.2) is 0 Å². The van der Waals surface area contributed by atoms with Crippen molar-refractivity contribution < 1.29 is 9.22 Å².